The van der Waals surface area contributed by atoms with E-state index in [0.29, 0.717) is 12.0 Å². The minimum absolute atomic E-state index is 0.286. The van der Waals surface area contributed by atoms with Gasteiger partial charge in [-0.1, -0.05) is 18.2 Å². The fraction of sp³-hybridized carbons (Fsp3) is 0.474. The molecular weight excluding hydrogens is 304 g/mol. The number of amides is 1. The fourth-order valence-electron chi connectivity index (χ4n) is 3.57. The highest BCUT2D eigenvalue weighted by molar-refractivity contribution is 6.08. The van der Waals surface area contributed by atoms with Gasteiger partial charge in [-0.3, -0.25) is 9.59 Å². The zero-order chi connectivity index (χ0) is 16.9. The lowest BCUT2D eigenvalue weighted by Crippen LogP contribution is -2.31. The SMILES string of the molecule is O=C(Nc1ccccc1N1CCCCC1)C1=CCCC[C@H]1C(=O)O. The molecule has 0 spiro atoms. The molecule has 1 aromatic rings. The molecule has 24 heavy (non-hydrogen) atoms. The van der Waals surface area contributed by atoms with E-state index >= 15 is 0 Å². The molecule has 5 nitrogen and oxygen atoms in total. The molecule has 1 atom stereocenters. The summed E-state index contributed by atoms with van der Waals surface area (Å²) in [4.78, 5) is 26.4. The number of piperidine rings is 1. The van der Waals surface area contributed by atoms with Crippen LogP contribution in [0.1, 0.15) is 38.5 Å². The third-order valence-corrected chi connectivity index (χ3v) is 4.85. The van der Waals surface area contributed by atoms with Crippen molar-refractivity contribution in [2.45, 2.75) is 38.5 Å². The summed E-state index contributed by atoms with van der Waals surface area (Å²) in [5.74, 6) is -1.90. The van der Waals surface area contributed by atoms with Crippen molar-refractivity contribution in [2.24, 2.45) is 5.92 Å². The molecule has 1 amide bonds. The van der Waals surface area contributed by atoms with Crippen LogP contribution in [0, 0.1) is 5.92 Å². The van der Waals surface area contributed by atoms with Gasteiger partial charge in [0, 0.05) is 18.7 Å². The first kappa shape index (κ1) is 16.6. The molecule has 1 heterocycles. The molecule has 1 fully saturated rings. The first-order chi connectivity index (χ1) is 11.7. The number of carboxylic acids is 1. The van der Waals surface area contributed by atoms with Crippen LogP contribution >= 0.6 is 0 Å². The van der Waals surface area contributed by atoms with E-state index in [-0.39, 0.29) is 5.91 Å². The topological polar surface area (TPSA) is 69.6 Å². The summed E-state index contributed by atoms with van der Waals surface area (Å²) in [6, 6.07) is 7.78. The zero-order valence-corrected chi connectivity index (χ0v) is 13.8. The first-order valence-corrected chi connectivity index (χ1v) is 8.75. The highest BCUT2D eigenvalue weighted by Crippen LogP contribution is 2.31. The van der Waals surface area contributed by atoms with Crippen LogP contribution in [0.5, 0.6) is 0 Å². The average molecular weight is 328 g/mol. The molecule has 0 radical (unpaired) electrons. The second-order valence-corrected chi connectivity index (χ2v) is 6.50. The summed E-state index contributed by atoms with van der Waals surface area (Å²) in [7, 11) is 0. The van der Waals surface area contributed by atoms with Crippen LogP contribution in [0.3, 0.4) is 0 Å². The highest BCUT2D eigenvalue weighted by Gasteiger charge is 2.29. The Morgan fingerprint density at radius 3 is 2.58 bits per heavy atom. The van der Waals surface area contributed by atoms with Crippen molar-refractivity contribution >= 4 is 23.3 Å². The highest BCUT2D eigenvalue weighted by atomic mass is 16.4. The van der Waals surface area contributed by atoms with Gasteiger partial charge in [0.2, 0.25) is 0 Å². The number of benzene rings is 1. The maximum Gasteiger partial charge on any atom is 0.311 e. The molecular formula is C19H24N2O3. The molecule has 0 aromatic heterocycles. The molecule has 5 heteroatoms. The van der Waals surface area contributed by atoms with Crippen molar-refractivity contribution in [1.82, 2.24) is 0 Å². The van der Waals surface area contributed by atoms with Crippen LogP contribution in [0.15, 0.2) is 35.9 Å². The quantitative estimate of drug-likeness (QED) is 0.888. The lowest BCUT2D eigenvalue weighted by atomic mass is 9.87. The van der Waals surface area contributed by atoms with Crippen LogP contribution in [0.25, 0.3) is 0 Å². The number of aliphatic carboxylic acids is 1. The summed E-state index contributed by atoms with van der Waals surface area (Å²) in [5, 5.41) is 12.3. The van der Waals surface area contributed by atoms with E-state index in [1.807, 2.05) is 24.3 Å². The molecule has 1 aliphatic carbocycles. The maximum atomic E-state index is 12.7. The third kappa shape index (κ3) is 3.61. The Morgan fingerprint density at radius 1 is 1.08 bits per heavy atom. The fourth-order valence-corrected chi connectivity index (χ4v) is 3.57. The Morgan fingerprint density at radius 2 is 1.83 bits per heavy atom. The van der Waals surface area contributed by atoms with Gasteiger partial charge in [0.1, 0.15) is 0 Å². The lowest BCUT2D eigenvalue weighted by Gasteiger charge is -2.30. The van der Waals surface area contributed by atoms with Crippen molar-refractivity contribution in [3.63, 3.8) is 0 Å². The van der Waals surface area contributed by atoms with E-state index in [2.05, 4.69) is 10.2 Å². The van der Waals surface area contributed by atoms with Gasteiger partial charge in [-0.2, -0.15) is 0 Å². The molecule has 1 aliphatic heterocycles. The van der Waals surface area contributed by atoms with Gasteiger partial charge in [-0.25, -0.2) is 0 Å². The predicted octanol–water partition coefficient (Wildman–Crippen LogP) is 3.43. The van der Waals surface area contributed by atoms with Crippen LogP contribution in [0.2, 0.25) is 0 Å². The minimum atomic E-state index is -0.916. The molecule has 1 aromatic carbocycles. The number of para-hydroxylation sites is 2. The predicted molar refractivity (Wildman–Crippen MR) is 94.2 cm³/mol. The van der Waals surface area contributed by atoms with E-state index in [9.17, 15) is 14.7 Å². The standard InChI is InChI=1S/C19H24N2O3/c22-18(14-8-2-3-9-15(14)19(23)24)20-16-10-4-5-11-17(16)21-12-6-1-7-13-21/h4-5,8,10-11,15H,1-3,6-7,9,12-13H2,(H,20,22)(H,23,24)/t15-/m1/s1. The molecule has 2 N–H and O–H groups in total. The molecule has 0 unspecified atom stereocenters. The molecule has 0 bridgehead atoms. The Hall–Kier alpha value is -2.30. The van der Waals surface area contributed by atoms with Crippen LogP contribution in [0.4, 0.5) is 11.4 Å². The maximum absolute atomic E-state index is 12.7. The minimum Gasteiger partial charge on any atom is -0.481 e. The van der Waals surface area contributed by atoms with Gasteiger partial charge in [0.05, 0.1) is 17.3 Å². The molecule has 2 aliphatic rings. The van der Waals surface area contributed by atoms with E-state index in [1.165, 1.54) is 6.42 Å². The number of rotatable bonds is 4. The van der Waals surface area contributed by atoms with Gasteiger partial charge in [0.15, 0.2) is 0 Å². The zero-order valence-electron chi connectivity index (χ0n) is 13.8. The van der Waals surface area contributed by atoms with Gasteiger partial charge in [0.25, 0.3) is 5.91 Å². The number of hydrogen-bond donors (Lipinski definition) is 2. The Labute approximate surface area is 142 Å². The van der Waals surface area contributed by atoms with E-state index in [1.54, 1.807) is 6.08 Å². The number of hydrogen-bond acceptors (Lipinski definition) is 3. The van der Waals surface area contributed by atoms with Gasteiger partial charge in [-0.05, 0) is 50.7 Å². The van der Waals surface area contributed by atoms with Gasteiger partial charge >= 0.3 is 5.97 Å². The van der Waals surface area contributed by atoms with Gasteiger partial charge < -0.3 is 15.3 Å². The summed E-state index contributed by atoms with van der Waals surface area (Å²) >= 11 is 0. The normalized spacial score (nSPS) is 21.1. The second-order valence-electron chi connectivity index (χ2n) is 6.50. The van der Waals surface area contributed by atoms with Crippen molar-refractivity contribution < 1.29 is 14.7 Å². The van der Waals surface area contributed by atoms with Crippen molar-refractivity contribution in [3.05, 3.63) is 35.9 Å². The lowest BCUT2D eigenvalue weighted by molar-refractivity contribution is -0.141. The first-order valence-electron chi connectivity index (χ1n) is 8.75. The Balaban J connectivity index is 1.79. The monoisotopic (exact) mass is 328 g/mol. The average Bonchev–Trinajstić information content (AvgIpc) is 2.63. The van der Waals surface area contributed by atoms with Crippen molar-refractivity contribution in [1.29, 1.82) is 0 Å². The Kier molecular flexibility index (Phi) is 5.18. The number of anilines is 2. The van der Waals surface area contributed by atoms with Crippen LogP contribution in [-0.4, -0.2) is 30.1 Å². The van der Waals surface area contributed by atoms with Crippen LogP contribution < -0.4 is 10.2 Å². The summed E-state index contributed by atoms with van der Waals surface area (Å²) in [5.41, 5.74) is 2.18. The van der Waals surface area contributed by atoms with Crippen molar-refractivity contribution in [3.8, 4) is 0 Å². The molecule has 1 saturated heterocycles. The van der Waals surface area contributed by atoms with Gasteiger partial charge in [-0.15, -0.1) is 0 Å². The Bertz CT molecular complexity index is 648. The third-order valence-electron chi connectivity index (χ3n) is 4.85. The molecule has 0 saturated carbocycles. The molecule has 128 valence electrons. The molecule has 3 rings (SSSR count). The van der Waals surface area contributed by atoms with Crippen molar-refractivity contribution in [2.75, 3.05) is 23.3 Å². The van der Waals surface area contributed by atoms with E-state index in [4.69, 9.17) is 0 Å². The number of carboxylic acid groups (broad SMARTS) is 1. The number of nitrogens with one attached hydrogen (secondary N) is 1. The van der Waals surface area contributed by atoms with E-state index < -0.39 is 11.9 Å². The number of allylic oxidation sites excluding steroid dienone is 1. The summed E-state index contributed by atoms with van der Waals surface area (Å²) < 4.78 is 0. The summed E-state index contributed by atoms with van der Waals surface area (Å²) in [6.45, 7) is 1.99. The number of carbonyl (C=O) groups is 2. The number of carbonyl (C=O) groups excluding carboxylic acids is 1. The van der Waals surface area contributed by atoms with E-state index in [0.717, 1.165) is 50.1 Å². The van der Waals surface area contributed by atoms with Crippen LogP contribution in [-0.2, 0) is 9.59 Å². The second kappa shape index (κ2) is 7.51. The smallest absolute Gasteiger partial charge is 0.311 e. The number of nitrogens with zero attached hydrogens (tertiary/aromatic N) is 1. The largest absolute Gasteiger partial charge is 0.481 e. The summed E-state index contributed by atoms with van der Waals surface area (Å²) in [6.07, 6.45) is 7.46.